The van der Waals surface area contributed by atoms with Crippen LogP contribution in [0, 0.1) is 11.8 Å². The van der Waals surface area contributed by atoms with E-state index in [2.05, 4.69) is 29.1 Å². The zero-order valence-corrected chi connectivity index (χ0v) is 9.98. The maximum atomic E-state index is 5.63. The van der Waals surface area contributed by atoms with Gasteiger partial charge in [0.15, 0.2) is 0 Å². The summed E-state index contributed by atoms with van der Waals surface area (Å²) in [5.74, 6) is 2.62. The molecule has 1 saturated carbocycles. The fraction of sp³-hybridized carbons (Fsp3) is 0.667. The van der Waals surface area contributed by atoms with E-state index < -0.39 is 0 Å². The smallest absolute Gasteiger partial charge is 0.224 e. The number of aromatic nitrogens is 2. The fourth-order valence-corrected chi connectivity index (χ4v) is 2.39. The minimum atomic E-state index is 0.477. The second-order valence-electron chi connectivity index (χ2n) is 4.82. The molecule has 0 amide bonds. The van der Waals surface area contributed by atoms with Crippen molar-refractivity contribution < 1.29 is 0 Å². The van der Waals surface area contributed by atoms with E-state index in [1.165, 1.54) is 19.3 Å². The number of rotatable bonds is 2. The predicted molar refractivity (Wildman–Crippen MR) is 66.0 cm³/mol. The minimum absolute atomic E-state index is 0.477. The maximum Gasteiger partial charge on any atom is 0.224 e. The first-order chi connectivity index (χ1) is 7.66. The molecule has 0 bridgehead atoms. The van der Waals surface area contributed by atoms with E-state index >= 15 is 0 Å². The maximum absolute atomic E-state index is 5.63. The lowest BCUT2D eigenvalue weighted by molar-refractivity contribution is 0.252. The van der Waals surface area contributed by atoms with E-state index in [1.807, 2.05) is 0 Å². The minimum Gasteiger partial charge on any atom is -0.384 e. The van der Waals surface area contributed by atoms with Crippen molar-refractivity contribution in [2.45, 2.75) is 39.2 Å². The van der Waals surface area contributed by atoms with E-state index in [0.717, 1.165) is 5.92 Å². The molecule has 3 atom stereocenters. The molecule has 3 N–H and O–H groups in total. The molecule has 3 unspecified atom stereocenters. The summed E-state index contributed by atoms with van der Waals surface area (Å²) in [5.41, 5.74) is 5.63. The van der Waals surface area contributed by atoms with Gasteiger partial charge in [0.05, 0.1) is 0 Å². The highest BCUT2D eigenvalue weighted by molar-refractivity contribution is 5.35. The summed E-state index contributed by atoms with van der Waals surface area (Å²) in [5, 5.41) is 3.40. The van der Waals surface area contributed by atoms with Crippen molar-refractivity contribution in [1.29, 1.82) is 0 Å². The molecule has 4 nitrogen and oxygen atoms in total. The summed E-state index contributed by atoms with van der Waals surface area (Å²) < 4.78 is 0. The molecule has 0 aliphatic heterocycles. The van der Waals surface area contributed by atoms with Crippen molar-refractivity contribution in [1.82, 2.24) is 9.97 Å². The Morgan fingerprint density at radius 3 is 2.94 bits per heavy atom. The molecule has 1 aromatic rings. The summed E-state index contributed by atoms with van der Waals surface area (Å²) in [6.07, 6.45) is 5.51. The molecule has 1 aliphatic rings. The van der Waals surface area contributed by atoms with Gasteiger partial charge in [0.25, 0.3) is 0 Å². The van der Waals surface area contributed by atoms with Gasteiger partial charge in [-0.15, -0.1) is 0 Å². The van der Waals surface area contributed by atoms with Crippen molar-refractivity contribution >= 4 is 11.8 Å². The molecule has 0 aromatic carbocycles. The first kappa shape index (κ1) is 11.2. The molecule has 0 spiro atoms. The predicted octanol–water partition coefficient (Wildman–Crippen LogP) is 2.30. The molecule has 4 heteroatoms. The number of hydrogen-bond acceptors (Lipinski definition) is 4. The molecule has 1 aliphatic carbocycles. The Bertz CT molecular complexity index is 353. The average Bonchev–Trinajstić information content (AvgIpc) is 2.25. The summed E-state index contributed by atoms with van der Waals surface area (Å²) in [4.78, 5) is 8.37. The van der Waals surface area contributed by atoms with Crippen molar-refractivity contribution in [3.8, 4) is 0 Å². The van der Waals surface area contributed by atoms with Crippen LogP contribution < -0.4 is 11.1 Å². The van der Waals surface area contributed by atoms with Crippen molar-refractivity contribution in [3.05, 3.63) is 12.3 Å². The Labute approximate surface area is 96.7 Å². The Hall–Kier alpha value is -1.32. The van der Waals surface area contributed by atoms with E-state index in [9.17, 15) is 0 Å². The normalized spacial score (nSPS) is 30.0. The first-order valence-electron chi connectivity index (χ1n) is 6.02. The van der Waals surface area contributed by atoms with Crippen LogP contribution in [0.15, 0.2) is 12.3 Å². The molecule has 16 heavy (non-hydrogen) atoms. The van der Waals surface area contributed by atoms with Gasteiger partial charge in [-0.3, -0.25) is 0 Å². The van der Waals surface area contributed by atoms with Gasteiger partial charge in [-0.2, -0.15) is 4.98 Å². The average molecular weight is 220 g/mol. The van der Waals surface area contributed by atoms with Gasteiger partial charge in [-0.1, -0.05) is 26.7 Å². The van der Waals surface area contributed by atoms with Gasteiger partial charge in [0, 0.05) is 12.2 Å². The highest BCUT2D eigenvalue weighted by Gasteiger charge is 2.27. The van der Waals surface area contributed by atoms with Crippen LogP contribution in [0.1, 0.15) is 33.1 Å². The number of nitrogen functional groups attached to an aromatic ring is 1. The third-order valence-electron chi connectivity index (χ3n) is 3.70. The van der Waals surface area contributed by atoms with Crippen LogP contribution in [0.5, 0.6) is 0 Å². The molecular weight excluding hydrogens is 200 g/mol. The highest BCUT2D eigenvalue weighted by Crippen LogP contribution is 2.30. The monoisotopic (exact) mass is 220 g/mol. The van der Waals surface area contributed by atoms with Crippen LogP contribution in [0.2, 0.25) is 0 Å². The van der Waals surface area contributed by atoms with Crippen LogP contribution in [-0.2, 0) is 0 Å². The number of nitrogens with zero attached hydrogens (tertiary/aromatic N) is 2. The number of nitrogens with two attached hydrogens (primary N) is 1. The van der Waals surface area contributed by atoms with Gasteiger partial charge < -0.3 is 11.1 Å². The molecule has 1 fully saturated rings. The van der Waals surface area contributed by atoms with Crippen molar-refractivity contribution in [3.63, 3.8) is 0 Å². The van der Waals surface area contributed by atoms with Crippen molar-refractivity contribution in [2.24, 2.45) is 11.8 Å². The quantitative estimate of drug-likeness (QED) is 0.802. The second kappa shape index (κ2) is 4.68. The molecule has 0 radical (unpaired) electrons. The third kappa shape index (κ3) is 2.43. The Morgan fingerprint density at radius 2 is 2.19 bits per heavy atom. The third-order valence-corrected chi connectivity index (χ3v) is 3.70. The van der Waals surface area contributed by atoms with Crippen LogP contribution in [-0.4, -0.2) is 16.0 Å². The summed E-state index contributed by atoms with van der Waals surface area (Å²) in [6.45, 7) is 4.62. The second-order valence-corrected chi connectivity index (χ2v) is 4.82. The van der Waals surface area contributed by atoms with E-state index in [-0.39, 0.29) is 0 Å². The van der Waals surface area contributed by atoms with E-state index in [4.69, 9.17) is 5.73 Å². The SMILES string of the molecule is CC1CCCC(Nc2nccc(N)n2)C1C. The van der Waals surface area contributed by atoms with E-state index in [1.54, 1.807) is 12.3 Å². The van der Waals surface area contributed by atoms with Crippen LogP contribution in [0.3, 0.4) is 0 Å². The molecule has 1 heterocycles. The summed E-state index contributed by atoms with van der Waals surface area (Å²) >= 11 is 0. The topological polar surface area (TPSA) is 63.8 Å². The zero-order chi connectivity index (χ0) is 11.5. The molecular formula is C12H20N4. The van der Waals surface area contributed by atoms with Gasteiger partial charge >= 0.3 is 0 Å². The van der Waals surface area contributed by atoms with Gasteiger partial charge in [-0.25, -0.2) is 4.98 Å². The Balaban J connectivity index is 2.03. The van der Waals surface area contributed by atoms with Crippen LogP contribution in [0.25, 0.3) is 0 Å². The van der Waals surface area contributed by atoms with Gasteiger partial charge in [0.2, 0.25) is 5.95 Å². The fourth-order valence-electron chi connectivity index (χ4n) is 2.39. The van der Waals surface area contributed by atoms with Gasteiger partial charge in [-0.05, 0) is 24.3 Å². The summed E-state index contributed by atoms with van der Waals surface area (Å²) in [7, 11) is 0. The molecule has 88 valence electrons. The lowest BCUT2D eigenvalue weighted by atomic mass is 9.78. The highest BCUT2D eigenvalue weighted by atomic mass is 15.1. The zero-order valence-electron chi connectivity index (χ0n) is 9.98. The standard InChI is InChI=1S/C12H20N4/c1-8-4-3-5-10(9(8)2)15-12-14-7-6-11(13)16-12/h6-10H,3-5H2,1-2H3,(H3,13,14,15,16). The summed E-state index contributed by atoms with van der Waals surface area (Å²) in [6, 6.07) is 2.18. The molecule has 0 saturated heterocycles. The Kier molecular flexibility index (Phi) is 3.27. The van der Waals surface area contributed by atoms with Crippen LogP contribution >= 0.6 is 0 Å². The largest absolute Gasteiger partial charge is 0.384 e. The van der Waals surface area contributed by atoms with E-state index in [0.29, 0.717) is 23.7 Å². The number of nitrogens with one attached hydrogen (secondary N) is 1. The van der Waals surface area contributed by atoms with Crippen LogP contribution in [0.4, 0.5) is 11.8 Å². The lowest BCUT2D eigenvalue weighted by Crippen LogP contribution is -2.35. The van der Waals surface area contributed by atoms with Gasteiger partial charge in [0.1, 0.15) is 5.82 Å². The first-order valence-corrected chi connectivity index (χ1v) is 6.02. The number of anilines is 2. The van der Waals surface area contributed by atoms with Crippen molar-refractivity contribution in [2.75, 3.05) is 11.1 Å². The Morgan fingerprint density at radius 1 is 1.38 bits per heavy atom. The lowest BCUT2D eigenvalue weighted by Gasteiger charge is -2.34. The number of hydrogen-bond donors (Lipinski definition) is 2. The molecule has 1 aromatic heterocycles. The molecule has 2 rings (SSSR count).